The molecule has 0 unspecified atom stereocenters. The number of nitrogens with zero attached hydrogens (tertiary/aromatic N) is 1. The van der Waals surface area contributed by atoms with E-state index in [1.165, 1.54) is 4.90 Å². The summed E-state index contributed by atoms with van der Waals surface area (Å²) in [6.07, 6.45) is 2.47. The summed E-state index contributed by atoms with van der Waals surface area (Å²) >= 11 is 2.58. The molecule has 0 radical (unpaired) electrons. The summed E-state index contributed by atoms with van der Waals surface area (Å²) in [6.45, 7) is 2.95. The van der Waals surface area contributed by atoms with Crippen molar-refractivity contribution < 1.29 is 14.3 Å². The van der Waals surface area contributed by atoms with Gasteiger partial charge in [-0.1, -0.05) is 0 Å². The highest BCUT2D eigenvalue weighted by molar-refractivity contribution is 8.18. The van der Waals surface area contributed by atoms with E-state index in [0.717, 1.165) is 22.2 Å². The number of imide groups is 1. The molecule has 1 aromatic heterocycles. The van der Waals surface area contributed by atoms with Crippen LogP contribution in [0.1, 0.15) is 16.9 Å². The van der Waals surface area contributed by atoms with E-state index in [0.29, 0.717) is 24.5 Å². The molecule has 1 fully saturated rings. The molecule has 1 aliphatic heterocycles. The summed E-state index contributed by atoms with van der Waals surface area (Å²) in [5, 5.41) is 1.78. The van der Waals surface area contributed by atoms with Crippen LogP contribution in [0.3, 0.4) is 0 Å². The molecule has 0 aliphatic carbocycles. The van der Waals surface area contributed by atoms with Crippen LogP contribution in [0.2, 0.25) is 0 Å². The van der Waals surface area contributed by atoms with E-state index in [1.54, 1.807) is 24.5 Å². The maximum atomic E-state index is 12.1. The first-order chi connectivity index (χ1) is 9.13. The van der Waals surface area contributed by atoms with Crippen molar-refractivity contribution in [1.82, 2.24) is 4.90 Å². The number of carbonyl (C=O) groups excluding carboxylic acids is 2. The Balaban J connectivity index is 2.09. The van der Waals surface area contributed by atoms with Crippen LogP contribution >= 0.6 is 23.1 Å². The number of hydrogen-bond donors (Lipinski definition) is 0. The highest BCUT2D eigenvalue weighted by atomic mass is 32.2. The van der Waals surface area contributed by atoms with E-state index in [2.05, 4.69) is 0 Å². The van der Waals surface area contributed by atoms with Crippen LogP contribution in [0.25, 0.3) is 6.08 Å². The number of methoxy groups -OCH3 is 1. The minimum Gasteiger partial charge on any atom is -0.385 e. The molecule has 1 aromatic rings. The molecule has 6 heteroatoms. The van der Waals surface area contributed by atoms with Gasteiger partial charge in [-0.3, -0.25) is 14.5 Å². The molecule has 0 spiro atoms. The third kappa shape index (κ3) is 3.26. The Hall–Kier alpha value is -1.11. The van der Waals surface area contributed by atoms with Gasteiger partial charge in [0.15, 0.2) is 0 Å². The Morgan fingerprint density at radius 2 is 2.21 bits per heavy atom. The minimum atomic E-state index is -0.195. The first kappa shape index (κ1) is 14.3. The molecule has 2 amide bonds. The van der Waals surface area contributed by atoms with Gasteiger partial charge in [-0.15, -0.1) is 11.3 Å². The Kier molecular flexibility index (Phi) is 4.79. The fourth-order valence-electron chi connectivity index (χ4n) is 1.71. The number of aryl methyl sites for hydroxylation is 1. The summed E-state index contributed by atoms with van der Waals surface area (Å²) in [5.74, 6) is -0.195. The molecule has 0 saturated carbocycles. The highest BCUT2D eigenvalue weighted by Crippen LogP contribution is 2.33. The van der Waals surface area contributed by atoms with Gasteiger partial charge in [0, 0.05) is 25.1 Å². The fraction of sp³-hybridized carbons (Fsp3) is 0.385. The molecule has 0 bridgehead atoms. The predicted molar refractivity (Wildman–Crippen MR) is 78.2 cm³/mol. The van der Waals surface area contributed by atoms with Crippen molar-refractivity contribution >= 4 is 40.3 Å². The SMILES string of the molecule is COCCCN1C(=O)S/C(=C\c2sccc2C)C1=O. The summed E-state index contributed by atoms with van der Waals surface area (Å²) in [7, 11) is 1.60. The van der Waals surface area contributed by atoms with Gasteiger partial charge in [0.25, 0.3) is 11.1 Å². The fourth-order valence-corrected chi connectivity index (χ4v) is 3.49. The standard InChI is InChI=1S/C13H15NO3S2/c1-9-4-7-18-10(9)8-11-12(15)14(13(16)19-11)5-3-6-17-2/h4,7-8H,3,5-6H2,1-2H3/b11-8-. The molecule has 2 rings (SSSR count). The van der Waals surface area contributed by atoms with Gasteiger partial charge in [0.05, 0.1) is 4.91 Å². The van der Waals surface area contributed by atoms with E-state index in [1.807, 2.05) is 18.4 Å². The molecule has 1 saturated heterocycles. The van der Waals surface area contributed by atoms with Crippen molar-refractivity contribution in [1.29, 1.82) is 0 Å². The lowest BCUT2D eigenvalue weighted by atomic mass is 10.2. The Morgan fingerprint density at radius 1 is 1.42 bits per heavy atom. The van der Waals surface area contributed by atoms with Gasteiger partial charge in [-0.05, 0) is 48.2 Å². The minimum absolute atomic E-state index is 0.193. The van der Waals surface area contributed by atoms with E-state index >= 15 is 0 Å². The quantitative estimate of drug-likeness (QED) is 0.619. The predicted octanol–water partition coefficient (Wildman–Crippen LogP) is 3.13. The molecular weight excluding hydrogens is 282 g/mol. The van der Waals surface area contributed by atoms with E-state index in [4.69, 9.17) is 4.74 Å². The Bertz CT molecular complexity index is 522. The molecule has 102 valence electrons. The lowest BCUT2D eigenvalue weighted by molar-refractivity contribution is -0.122. The summed E-state index contributed by atoms with van der Waals surface area (Å²) in [4.78, 5) is 26.7. The van der Waals surface area contributed by atoms with Crippen molar-refractivity contribution in [2.75, 3.05) is 20.3 Å². The molecule has 19 heavy (non-hydrogen) atoms. The molecule has 0 atom stereocenters. The van der Waals surface area contributed by atoms with Crippen LogP contribution in [-0.4, -0.2) is 36.3 Å². The Labute approximate surface area is 120 Å². The smallest absolute Gasteiger partial charge is 0.293 e. The van der Waals surface area contributed by atoms with E-state index in [9.17, 15) is 9.59 Å². The number of carbonyl (C=O) groups is 2. The zero-order valence-corrected chi connectivity index (χ0v) is 12.5. The van der Waals surface area contributed by atoms with Crippen LogP contribution in [0.15, 0.2) is 16.4 Å². The zero-order valence-electron chi connectivity index (χ0n) is 10.8. The van der Waals surface area contributed by atoms with Gasteiger partial charge in [-0.2, -0.15) is 0 Å². The second kappa shape index (κ2) is 6.36. The number of thioether (sulfide) groups is 1. The van der Waals surface area contributed by atoms with Crippen LogP contribution in [0.5, 0.6) is 0 Å². The molecular formula is C13H15NO3S2. The number of hydrogen-bond acceptors (Lipinski definition) is 5. The third-order valence-corrected chi connectivity index (χ3v) is 4.64. The van der Waals surface area contributed by atoms with Crippen LogP contribution in [0.4, 0.5) is 4.79 Å². The normalized spacial score (nSPS) is 17.8. The number of amides is 2. The zero-order chi connectivity index (χ0) is 13.8. The van der Waals surface area contributed by atoms with Crippen molar-refractivity contribution in [3.63, 3.8) is 0 Å². The van der Waals surface area contributed by atoms with Crippen molar-refractivity contribution in [3.8, 4) is 0 Å². The van der Waals surface area contributed by atoms with Crippen molar-refractivity contribution in [3.05, 3.63) is 26.8 Å². The maximum Gasteiger partial charge on any atom is 0.293 e. The van der Waals surface area contributed by atoms with Crippen molar-refractivity contribution in [2.24, 2.45) is 0 Å². The first-order valence-corrected chi connectivity index (χ1v) is 7.61. The van der Waals surface area contributed by atoms with Gasteiger partial charge in [0.2, 0.25) is 0 Å². The number of thiophene rings is 1. The third-order valence-electron chi connectivity index (χ3n) is 2.77. The van der Waals surface area contributed by atoms with Gasteiger partial charge in [-0.25, -0.2) is 0 Å². The lowest BCUT2D eigenvalue weighted by Gasteiger charge is -2.11. The molecule has 0 aromatic carbocycles. The average Bonchev–Trinajstić information content (AvgIpc) is 2.89. The highest BCUT2D eigenvalue weighted by Gasteiger charge is 2.34. The van der Waals surface area contributed by atoms with Gasteiger partial charge in [0.1, 0.15) is 0 Å². The number of rotatable bonds is 5. The summed E-state index contributed by atoms with van der Waals surface area (Å²) in [6, 6.07) is 2.00. The number of ether oxygens (including phenoxy) is 1. The summed E-state index contributed by atoms with van der Waals surface area (Å²) in [5.41, 5.74) is 1.12. The van der Waals surface area contributed by atoms with E-state index < -0.39 is 0 Å². The topological polar surface area (TPSA) is 46.6 Å². The lowest BCUT2D eigenvalue weighted by Crippen LogP contribution is -2.29. The molecule has 0 N–H and O–H groups in total. The van der Waals surface area contributed by atoms with Crippen LogP contribution in [-0.2, 0) is 9.53 Å². The van der Waals surface area contributed by atoms with Gasteiger partial charge < -0.3 is 4.74 Å². The monoisotopic (exact) mass is 297 g/mol. The van der Waals surface area contributed by atoms with Crippen molar-refractivity contribution in [2.45, 2.75) is 13.3 Å². The maximum absolute atomic E-state index is 12.1. The first-order valence-electron chi connectivity index (χ1n) is 5.92. The molecule has 1 aliphatic rings. The molecule has 4 nitrogen and oxygen atoms in total. The Morgan fingerprint density at radius 3 is 2.84 bits per heavy atom. The van der Waals surface area contributed by atoms with Gasteiger partial charge >= 0.3 is 0 Å². The second-order valence-corrected chi connectivity index (χ2v) is 6.09. The molecule has 2 heterocycles. The largest absolute Gasteiger partial charge is 0.385 e. The summed E-state index contributed by atoms with van der Waals surface area (Å²) < 4.78 is 4.93. The van der Waals surface area contributed by atoms with E-state index in [-0.39, 0.29) is 11.1 Å². The van der Waals surface area contributed by atoms with Crippen LogP contribution < -0.4 is 0 Å². The average molecular weight is 297 g/mol. The van der Waals surface area contributed by atoms with Crippen LogP contribution in [0, 0.1) is 6.92 Å². The second-order valence-electron chi connectivity index (χ2n) is 4.15.